The summed E-state index contributed by atoms with van der Waals surface area (Å²) in [6.07, 6.45) is 3.80. The van der Waals surface area contributed by atoms with Gasteiger partial charge in [0.05, 0.1) is 16.6 Å². The molecule has 1 unspecified atom stereocenters. The number of fused-ring (bicyclic) bond motifs is 2. The number of para-hydroxylation sites is 2. The van der Waals surface area contributed by atoms with Gasteiger partial charge in [-0.2, -0.15) is 0 Å². The second-order valence-corrected chi connectivity index (χ2v) is 7.76. The molecule has 7 heteroatoms. The minimum atomic E-state index is -1.24. The third-order valence-electron chi connectivity index (χ3n) is 5.53. The molecule has 1 atom stereocenters. The zero-order chi connectivity index (χ0) is 21.4. The highest BCUT2D eigenvalue weighted by Gasteiger charge is 2.42. The Bertz CT molecular complexity index is 1300. The van der Waals surface area contributed by atoms with Crippen LogP contribution >= 0.6 is 0 Å². The molecule has 1 aliphatic rings. The Morgan fingerprint density at radius 1 is 1.10 bits per heavy atom. The van der Waals surface area contributed by atoms with Crippen LogP contribution < -0.4 is 5.32 Å². The van der Waals surface area contributed by atoms with Gasteiger partial charge in [0.1, 0.15) is 12.1 Å². The first kappa shape index (κ1) is 19.0. The Hall–Kier alpha value is -4.00. The Morgan fingerprint density at radius 2 is 1.90 bits per heavy atom. The van der Waals surface area contributed by atoms with Crippen LogP contribution in [0.3, 0.4) is 0 Å². The molecule has 0 radical (unpaired) electrons. The number of aromatic nitrogens is 3. The number of pyridine rings is 1. The molecule has 2 aromatic carbocycles. The van der Waals surface area contributed by atoms with Crippen molar-refractivity contribution in [1.29, 1.82) is 0 Å². The van der Waals surface area contributed by atoms with Crippen LogP contribution in [-0.2, 0) is 22.5 Å². The van der Waals surface area contributed by atoms with Crippen molar-refractivity contribution in [2.24, 2.45) is 0 Å². The molecular formula is C24H20N4O3. The average molecular weight is 412 g/mol. The lowest BCUT2D eigenvalue weighted by molar-refractivity contribution is -0.139. The molecule has 0 aliphatic carbocycles. The van der Waals surface area contributed by atoms with E-state index in [1.807, 2.05) is 53.1 Å². The minimum absolute atomic E-state index is 0.283. The summed E-state index contributed by atoms with van der Waals surface area (Å²) in [5, 5.41) is 2.87. The predicted octanol–water partition coefficient (Wildman–Crippen LogP) is 3.21. The zero-order valence-corrected chi connectivity index (χ0v) is 16.9. The lowest BCUT2D eigenvalue weighted by Crippen LogP contribution is -2.51. The number of imidazole rings is 1. The van der Waals surface area contributed by atoms with Crippen molar-refractivity contribution in [1.82, 2.24) is 19.9 Å². The smallest absolute Gasteiger partial charge is 0.339 e. The molecule has 2 aromatic heterocycles. The maximum absolute atomic E-state index is 12.8. The largest absolute Gasteiger partial charge is 0.445 e. The Kier molecular flexibility index (Phi) is 4.51. The second-order valence-electron chi connectivity index (χ2n) is 7.76. The van der Waals surface area contributed by atoms with Crippen LogP contribution in [0.2, 0.25) is 0 Å². The van der Waals surface area contributed by atoms with Gasteiger partial charge in [-0.3, -0.25) is 9.36 Å². The van der Waals surface area contributed by atoms with E-state index in [4.69, 9.17) is 4.74 Å². The summed E-state index contributed by atoms with van der Waals surface area (Å²) in [4.78, 5) is 34.0. The van der Waals surface area contributed by atoms with Gasteiger partial charge in [-0.25, -0.2) is 14.8 Å². The number of amides is 1. The van der Waals surface area contributed by atoms with E-state index in [1.165, 1.54) is 0 Å². The Balaban J connectivity index is 1.28. The fourth-order valence-electron chi connectivity index (χ4n) is 3.83. The van der Waals surface area contributed by atoms with Gasteiger partial charge in [-0.05, 0) is 42.3 Å². The Labute approximate surface area is 178 Å². The van der Waals surface area contributed by atoms with Crippen molar-refractivity contribution in [3.63, 3.8) is 0 Å². The number of rotatable bonds is 4. The van der Waals surface area contributed by atoms with E-state index in [0.717, 1.165) is 28.0 Å². The van der Waals surface area contributed by atoms with Gasteiger partial charge < -0.3 is 10.1 Å². The molecule has 0 bridgehead atoms. The third-order valence-corrected chi connectivity index (χ3v) is 5.53. The molecular weight excluding hydrogens is 392 g/mol. The maximum atomic E-state index is 12.8. The summed E-state index contributed by atoms with van der Waals surface area (Å²) < 4.78 is 7.40. The highest BCUT2D eigenvalue weighted by molar-refractivity contribution is 5.97. The zero-order valence-electron chi connectivity index (χ0n) is 16.9. The summed E-state index contributed by atoms with van der Waals surface area (Å²) in [5.74, 6) is -0.0633. The normalized spacial score (nSPS) is 17.8. The van der Waals surface area contributed by atoms with Crippen LogP contribution in [0.1, 0.15) is 28.4 Å². The van der Waals surface area contributed by atoms with Crippen molar-refractivity contribution < 1.29 is 14.3 Å². The number of benzene rings is 2. The number of carbonyl (C=O) groups excluding carboxylic acids is 2. The highest BCUT2D eigenvalue weighted by Crippen LogP contribution is 2.28. The lowest BCUT2D eigenvalue weighted by atomic mass is 9.89. The fourth-order valence-corrected chi connectivity index (χ4v) is 3.83. The van der Waals surface area contributed by atoms with E-state index < -0.39 is 11.6 Å². The molecule has 7 nitrogen and oxygen atoms in total. The number of nitrogens with one attached hydrogen (secondary N) is 1. The van der Waals surface area contributed by atoms with Crippen LogP contribution in [0.5, 0.6) is 0 Å². The SMILES string of the molecule is CC1(C(=O)NCc2ccc(-n3cnc4ccccc43)nc2)Cc2ccccc2C(=O)O1. The third kappa shape index (κ3) is 3.44. The highest BCUT2D eigenvalue weighted by atomic mass is 16.6. The summed E-state index contributed by atoms with van der Waals surface area (Å²) in [7, 11) is 0. The summed E-state index contributed by atoms with van der Waals surface area (Å²) in [6.45, 7) is 1.92. The maximum Gasteiger partial charge on any atom is 0.339 e. The van der Waals surface area contributed by atoms with Crippen LogP contribution in [0.15, 0.2) is 73.2 Å². The van der Waals surface area contributed by atoms with E-state index >= 15 is 0 Å². The molecule has 4 aromatic rings. The van der Waals surface area contributed by atoms with Crippen molar-refractivity contribution in [2.45, 2.75) is 25.5 Å². The quantitative estimate of drug-likeness (QED) is 0.520. The number of nitrogens with zero attached hydrogens (tertiary/aromatic N) is 3. The fraction of sp³-hybridized carbons (Fsp3) is 0.167. The van der Waals surface area contributed by atoms with Crippen molar-refractivity contribution in [3.05, 3.63) is 89.9 Å². The second kappa shape index (κ2) is 7.36. The average Bonchev–Trinajstić information content (AvgIpc) is 3.22. The molecule has 31 heavy (non-hydrogen) atoms. The molecule has 0 fully saturated rings. The topological polar surface area (TPSA) is 86.1 Å². The Morgan fingerprint density at radius 3 is 2.74 bits per heavy atom. The van der Waals surface area contributed by atoms with Crippen LogP contribution in [0.25, 0.3) is 16.9 Å². The van der Waals surface area contributed by atoms with Crippen LogP contribution in [0, 0.1) is 0 Å². The molecule has 1 amide bonds. The van der Waals surface area contributed by atoms with E-state index in [1.54, 1.807) is 31.6 Å². The summed E-state index contributed by atoms with van der Waals surface area (Å²) in [6, 6.07) is 18.8. The standard InChI is InChI=1S/C24H20N4O3/c1-24(12-17-6-2-3-7-18(17)22(29)31-24)23(30)26-14-16-10-11-21(25-13-16)28-15-27-19-8-4-5-9-20(19)28/h2-11,13,15H,12,14H2,1H3,(H,26,30). The molecule has 1 aliphatic heterocycles. The van der Waals surface area contributed by atoms with Gasteiger partial charge in [0.2, 0.25) is 0 Å². The predicted molar refractivity (Wildman–Crippen MR) is 115 cm³/mol. The number of cyclic esters (lactones) is 1. The first-order chi connectivity index (χ1) is 15.0. The first-order valence-electron chi connectivity index (χ1n) is 10.0. The van der Waals surface area contributed by atoms with Gasteiger partial charge in [0, 0.05) is 19.2 Å². The summed E-state index contributed by atoms with van der Waals surface area (Å²) in [5.41, 5.74) is 2.80. The number of ether oxygens (including phenoxy) is 1. The van der Waals surface area contributed by atoms with Crippen LogP contribution in [0.4, 0.5) is 0 Å². The van der Waals surface area contributed by atoms with E-state index in [0.29, 0.717) is 12.0 Å². The number of hydrogen-bond acceptors (Lipinski definition) is 5. The first-order valence-corrected chi connectivity index (χ1v) is 10.0. The van der Waals surface area contributed by atoms with Gasteiger partial charge in [0.15, 0.2) is 5.60 Å². The van der Waals surface area contributed by atoms with E-state index in [9.17, 15) is 9.59 Å². The summed E-state index contributed by atoms with van der Waals surface area (Å²) >= 11 is 0. The lowest BCUT2D eigenvalue weighted by Gasteiger charge is -2.33. The van der Waals surface area contributed by atoms with Gasteiger partial charge in [-0.1, -0.05) is 36.4 Å². The minimum Gasteiger partial charge on any atom is -0.445 e. The molecule has 3 heterocycles. The molecule has 5 rings (SSSR count). The van der Waals surface area contributed by atoms with Crippen molar-refractivity contribution >= 4 is 22.9 Å². The molecule has 0 saturated heterocycles. The number of hydrogen-bond donors (Lipinski definition) is 1. The van der Waals surface area contributed by atoms with Crippen LogP contribution in [-0.4, -0.2) is 32.0 Å². The molecule has 154 valence electrons. The van der Waals surface area contributed by atoms with E-state index in [2.05, 4.69) is 15.3 Å². The van der Waals surface area contributed by atoms with Gasteiger partial charge in [-0.15, -0.1) is 0 Å². The van der Waals surface area contributed by atoms with E-state index in [-0.39, 0.29) is 12.5 Å². The number of esters is 1. The van der Waals surface area contributed by atoms with Crippen molar-refractivity contribution in [3.8, 4) is 5.82 Å². The molecule has 0 saturated carbocycles. The monoisotopic (exact) mass is 412 g/mol. The molecule has 1 N–H and O–H groups in total. The van der Waals surface area contributed by atoms with Gasteiger partial charge in [0.25, 0.3) is 5.91 Å². The molecule has 0 spiro atoms. The van der Waals surface area contributed by atoms with Crippen molar-refractivity contribution in [2.75, 3.05) is 0 Å². The van der Waals surface area contributed by atoms with Gasteiger partial charge >= 0.3 is 5.97 Å². The number of carbonyl (C=O) groups is 2.